The molecule has 10 heteroatoms. The lowest BCUT2D eigenvalue weighted by Gasteiger charge is -2.14. The number of hydrogen-bond donors (Lipinski definition) is 1. The first-order valence-corrected chi connectivity index (χ1v) is 9.03. The van der Waals surface area contributed by atoms with Crippen molar-refractivity contribution < 1.29 is 27.4 Å². The Labute approximate surface area is 175 Å². The van der Waals surface area contributed by atoms with Crippen LogP contribution in [0, 0.1) is 0 Å². The molecule has 0 aliphatic carbocycles. The molecule has 0 atom stereocenters. The van der Waals surface area contributed by atoms with Gasteiger partial charge in [0.05, 0.1) is 12.7 Å². The Morgan fingerprint density at radius 3 is 2.52 bits per heavy atom. The van der Waals surface area contributed by atoms with E-state index in [1.54, 1.807) is 36.7 Å². The molecule has 0 unspecified atom stereocenters. The maximum absolute atomic E-state index is 12.8. The quantitative estimate of drug-likeness (QED) is 0.617. The number of amides is 1. The zero-order chi connectivity index (χ0) is 22.4. The highest BCUT2D eigenvalue weighted by Gasteiger charge is 2.31. The van der Waals surface area contributed by atoms with Gasteiger partial charge in [-0.3, -0.25) is 14.6 Å². The van der Waals surface area contributed by atoms with Crippen molar-refractivity contribution in [2.75, 3.05) is 12.4 Å². The van der Waals surface area contributed by atoms with Gasteiger partial charge in [0.2, 0.25) is 5.91 Å². The van der Waals surface area contributed by atoms with E-state index < -0.39 is 29.8 Å². The summed E-state index contributed by atoms with van der Waals surface area (Å²) < 4.78 is 50.2. The van der Waals surface area contributed by atoms with Gasteiger partial charge in [0.25, 0.3) is 5.56 Å². The minimum absolute atomic E-state index is 0.232. The Morgan fingerprint density at radius 1 is 1.10 bits per heavy atom. The van der Waals surface area contributed by atoms with Crippen LogP contribution in [0.1, 0.15) is 11.1 Å². The van der Waals surface area contributed by atoms with Gasteiger partial charge in [-0.05, 0) is 35.9 Å². The third kappa shape index (κ3) is 5.84. The number of anilines is 1. The van der Waals surface area contributed by atoms with Gasteiger partial charge in [0.15, 0.2) is 11.5 Å². The Kier molecular flexibility index (Phi) is 6.58. The maximum atomic E-state index is 12.8. The van der Waals surface area contributed by atoms with Crippen LogP contribution in [0.15, 0.2) is 65.8 Å². The number of carbonyl (C=O) groups excluding carboxylic acids is 1. The van der Waals surface area contributed by atoms with Gasteiger partial charge < -0.3 is 19.4 Å². The Balaban J connectivity index is 1.72. The molecule has 0 radical (unpaired) electrons. The first-order valence-electron chi connectivity index (χ1n) is 9.03. The predicted octanol–water partition coefficient (Wildman–Crippen LogP) is 3.49. The fourth-order valence-electron chi connectivity index (χ4n) is 2.69. The number of benzene rings is 1. The van der Waals surface area contributed by atoms with Crippen LogP contribution in [-0.4, -0.2) is 22.6 Å². The van der Waals surface area contributed by atoms with Gasteiger partial charge in [-0.25, -0.2) is 0 Å². The van der Waals surface area contributed by atoms with Crippen molar-refractivity contribution >= 4 is 11.6 Å². The van der Waals surface area contributed by atoms with E-state index in [2.05, 4.69) is 10.3 Å². The van der Waals surface area contributed by atoms with Crippen LogP contribution in [0.3, 0.4) is 0 Å². The molecular formula is C21H18F3N3O4. The molecule has 0 aliphatic rings. The molecule has 1 amide bonds. The third-order valence-electron chi connectivity index (χ3n) is 4.22. The van der Waals surface area contributed by atoms with E-state index in [9.17, 15) is 22.8 Å². The predicted molar refractivity (Wildman–Crippen MR) is 106 cm³/mol. The first kappa shape index (κ1) is 21.9. The molecule has 0 aliphatic heterocycles. The summed E-state index contributed by atoms with van der Waals surface area (Å²) in [5, 5.41) is 2.54. The molecule has 0 fully saturated rings. The number of ether oxygens (including phenoxy) is 2. The molecule has 0 spiro atoms. The fourth-order valence-corrected chi connectivity index (χ4v) is 2.69. The topological polar surface area (TPSA) is 82.5 Å². The molecule has 31 heavy (non-hydrogen) atoms. The number of aromatic nitrogens is 2. The zero-order valence-corrected chi connectivity index (χ0v) is 16.3. The molecule has 1 aromatic carbocycles. The molecule has 7 nitrogen and oxygen atoms in total. The van der Waals surface area contributed by atoms with Crippen molar-refractivity contribution in [1.29, 1.82) is 0 Å². The largest absolute Gasteiger partial charge is 0.493 e. The normalized spacial score (nSPS) is 11.1. The summed E-state index contributed by atoms with van der Waals surface area (Å²) in [6.45, 7) is -0.349. The van der Waals surface area contributed by atoms with E-state index in [1.807, 2.05) is 0 Å². The second kappa shape index (κ2) is 9.33. The highest BCUT2D eigenvalue weighted by atomic mass is 19.4. The van der Waals surface area contributed by atoms with E-state index in [0.717, 1.165) is 11.6 Å². The average molecular weight is 433 g/mol. The summed E-state index contributed by atoms with van der Waals surface area (Å²) in [7, 11) is 1.47. The summed E-state index contributed by atoms with van der Waals surface area (Å²) in [6, 6.07) is 9.66. The van der Waals surface area contributed by atoms with Gasteiger partial charge in [-0.15, -0.1) is 0 Å². The Hall–Kier alpha value is -3.82. The van der Waals surface area contributed by atoms with Gasteiger partial charge in [-0.1, -0.05) is 0 Å². The summed E-state index contributed by atoms with van der Waals surface area (Å²) in [5.74, 6) is 0.112. The van der Waals surface area contributed by atoms with Crippen molar-refractivity contribution in [2.45, 2.75) is 19.3 Å². The van der Waals surface area contributed by atoms with Crippen molar-refractivity contribution in [3.8, 4) is 11.5 Å². The molecule has 1 N–H and O–H groups in total. The number of rotatable bonds is 7. The zero-order valence-electron chi connectivity index (χ0n) is 16.3. The van der Waals surface area contributed by atoms with Crippen LogP contribution in [-0.2, 0) is 24.1 Å². The smallest absolute Gasteiger partial charge is 0.417 e. The highest BCUT2D eigenvalue weighted by Crippen LogP contribution is 2.31. The maximum Gasteiger partial charge on any atom is 0.417 e. The molecule has 0 saturated heterocycles. The monoisotopic (exact) mass is 433 g/mol. The van der Waals surface area contributed by atoms with Crippen molar-refractivity contribution in [2.24, 2.45) is 0 Å². The van der Waals surface area contributed by atoms with E-state index in [4.69, 9.17) is 9.47 Å². The second-order valence-electron chi connectivity index (χ2n) is 6.44. The lowest BCUT2D eigenvalue weighted by atomic mass is 10.2. The average Bonchev–Trinajstić information content (AvgIpc) is 2.74. The minimum Gasteiger partial charge on any atom is -0.493 e. The number of halogens is 3. The van der Waals surface area contributed by atoms with Crippen LogP contribution < -0.4 is 20.3 Å². The number of carbonyl (C=O) groups is 1. The van der Waals surface area contributed by atoms with Crippen molar-refractivity contribution in [1.82, 2.24) is 9.55 Å². The fraction of sp³-hybridized carbons (Fsp3) is 0.190. The van der Waals surface area contributed by atoms with Gasteiger partial charge in [-0.2, -0.15) is 13.2 Å². The van der Waals surface area contributed by atoms with E-state index in [-0.39, 0.29) is 6.61 Å². The number of nitrogens with zero attached hydrogens (tertiary/aromatic N) is 2. The number of alkyl halides is 3. The standard InChI is InChI=1S/C21H18F3N3O4/c1-30-17-4-3-16(10-18(17)31-13-14-6-8-25-9-7-14)26-19(28)12-27-11-15(21(22,23)24)2-5-20(27)29/h2-11H,12-13H2,1H3,(H,26,28). The van der Waals surface area contributed by atoms with Crippen molar-refractivity contribution in [3.05, 3.63) is 82.5 Å². The Morgan fingerprint density at radius 2 is 1.84 bits per heavy atom. The molecule has 2 aromatic heterocycles. The SMILES string of the molecule is COc1ccc(NC(=O)Cn2cc(C(F)(F)F)ccc2=O)cc1OCc1ccncc1. The number of hydrogen-bond acceptors (Lipinski definition) is 5. The molecule has 3 aromatic rings. The molecule has 2 heterocycles. The van der Waals surface area contributed by atoms with Gasteiger partial charge in [0.1, 0.15) is 13.2 Å². The number of nitrogens with one attached hydrogen (secondary N) is 1. The van der Waals surface area contributed by atoms with Crippen LogP contribution in [0.5, 0.6) is 11.5 Å². The summed E-state index contributed by atoms with van der Waals surface area (Å²) >= 11 is 0. The van der Waals surface area contributed by atoms with Crippen molar-refractivity contribution in [3.63, 3.8) is 0 Å². The van der Waals surface area contributed by atoms with E-state index in [1.165, 1.54) is 13.2 Å². The number of pyridine rings is 2. The molecule has 0 bridgehead atoms. The third-order valence-corrected chi connectivity index (χ3v) is 4.22. The molecular weight excluding hydrogens is 415 g/mol. The highest BCUT2D eigenvalue weighted by molar-refractivity contribution is 5.90. The lowest BCUT2D eigenvalue weighted by Crippen LogP contribution is -2.28. The van der Waals surface area contributed by atoms with Crippen LogP contribution in [0.2, 0.25) is 0 Å². The molecule has 162 valence electrons. The van der Waals surface area contributed by atoms with Gasteiger partial charge >= 0.3 is 6.18 Å². The van der Waals surface area contributed by atoms with E-state index >= 15 is 0 Å². The lowest BCUT2D eigenvalue weighted by molar-refractivity contribution is -0.138. The molecule has 0 saturated carbocycles. The van der Waals surface area contributed by atoms with Crippen LogP contribution in [0.4, 0.5) is 18.9 Å². The van der Waals surface area contributed by atoms with Gasteiger partial charge in [0, 0.05) is 36.4 Å². The van der Waals surface area contributed by atoms with Crippen LogP contribution >= 0.6 is 0 Å². The summed E-state index contributed by atoms with van der Waals surface area (Å²) in [4.78, 5) is 28.1. The number of methoxy groups -OCH3 is 1. The minimum atomic E-state index is -4.62. The van der Waals surface area contributed by atoms with Crippen LogP contribution in [0.25, 0.3) is 0 Å². The first-order chi connectivity index (χ1) is 14.8. The second-order valence-corrected chi connectivity index (χ2v) is 6.44. The summed E-state index contributed by atoms with van der Waals surface area (Å²) in [6.07, 6.45) is -0.757. The van der Waals surface area contributed by atoms with E-state index in [0.29, 0.717) is 34.0 Å². The Bertz CT molecular complexity index is 1110. The molecule has 3 rings (SSSR count). The summed E-state index contributed by atoms with van der Waals surface area (Å²) in [5.41, 5.74) is -0.540.